The molecule has 1 atom stereocenters. The van der Waals surface area contributed by atoms with Crippen molar-refractivity contribution in [3.63, 3.8) is 0 Å². The first-order valence-corrected chi connectivity index (χ1v) is 9.55. The van der Waals surface area contributed by atoms with E-state index in [-0.39, 0.29) is 29.9 Å². The molecule has 0 saturated heterocycles. The number of nitrogens with two attached hydrogens (primary N) is 1. The fourth-order valence-corrected chi connectivity index (χ4v) is 3.22. The SMILES string of the molecule is COc1ccc(NC(=O)C[NH2+][C@@H](c2ccccc2)c2ccc(C)cc2)c([N+](=O)[O-])c1. The fourth-order valence-electron chi connectivity index (χ4n) is 3.22. The van der Waals surface area contributed by atoms with Crippen molar-refractivity contribution in [1.82, 2.24) is 0 Å². The Morgan fingerprint density at radius 1 is 1.07 bits per heavy atom. The highest BCUT2D eigenvalue weighted by molar-refractivity contribution is 5.93. The van der Waals surface area contributed by atoms with Crippen LogP contribution in [0.1, 0.15) is 22.7 Å². The lowest BCUT2D eigenvalue weighted by Crippen LogP contribution is -2.87. The molecule has 3 aromatic rings. The van der Waals surface area contributed by atoms with Crippen molar-refractivity contribution in [1.29, 1.82) is 0 Å². The predicted octanol–water partition coefficient (Wildman–Crippen LogP) is 3.20. The maximum absolute atomic E-state index is 12.6. The van der Waals surface area contributed by atoms with E-state index in [4.69, 9.17) is 4.74 Å². The van der Waals surface area contributed by atoms with Gasteiger partial charge in [0, 0.05) is 11.1 Å². The highest BCUT2D eigenvalue weighted by Gasteiger charge is 2.21. The molecule has 0 aliphatic heterocycles. The number of hydrogen-bond acceptors (Lipinski definition) is 4. The Morgan fingerprint density at radius 2 is 1.73 bits per heavy atom. The van der Waals surface area contributed by atoms with Gasteiger partial charge in [0.15, 0.2) is 6.54 Å². The molecule has 0 heterocycles. The van der Waals surface area contributed by atoms with Gasteiger partial charge >= 0.3 is 0 Å². The zero-order valence-corrected chi connectivity index (χ0v) is 16.9. The lowest BCUT2D eigenvalue weighted by Gasteiger charge is -2.17. The minimum absolute atomic E-state index is 0.0663. The average molecular weight is 406 g/mol. The summed E-state index contributed by atoms with van der Waals surface area (Å²) in [4.78, 5) is 23.4. The molecular weight excluding hydrogens is 382 g/mol. The zero-order valence-electron chi connectivity index (χ0n) is 16.9. The summed E-state index contributed by atoms with van der Waals surface area (Å²) in [7, 11) is 1.43. The number of anilines is 1. The van der Waals surface area contributed by atoms with Gasteiger partial charge in [0.05, 0.1) is 18.1 Å². The number of nitrogens with one attached hydrogen (secondary N) is 1. The second-order valence-electron chi connectivity index (χ2n) is 6.93. The summed E-state index contributed by atoms with van der Waals surface area (Å²) < 4.78 is 5.03. The normalized spacial score (nSPS) is 11.5. The summed E-state index contributed by atoms with van der Waals surface area (Å²) in [5.41, 5.74) is 3.25. The third-order valence-electron chi connectivity index (χ3n) is 4.81. The number of carbonyl (C=O) groups excluding carboxylic acids is 1. The van der Waals surface area contributed by atoms with Crippen LogP contribution in [0.3, 0.4) is 0 Å². The van der Waals surface area contributed by atoms with Crippen LogP contribution in [-0.4, -0.2) is 24.5 Å². The molecule has 0 unspecified atom stereocenters. The molecule has 3 aromatic carbocycles. The smallest absolute Gasteiger partial charge is 0.296 e. The van der Waals surface area contributed by atoms with E-state index in [1.54, 1.807) is 6.07 Å². The molecule has 0 spiro atoms. The van der Waals surface area contributed by atoms with Crippen molar-refractivity contribution < 1.29 is 19.8 Å². The number of rotatable bonds is 8. The Kier molecular flexibility index (Phi) is 6.77. The standard InChI is InChI=1S/C23H23N3O4/c1-16-8-10-18(11-9-16)23(17-6-4-3-5-7-17)24-15-22(27)25-20-13-12-19(30-2)14-21(20)26(28)29/h3-14,23-24H,15H2,1-2H3,(H,25,27)/p+1/t23-/m0/s1. The van der Waals surface area contributed by atoms with Crippen LogP contribution in [0.2, 0.25) is 0 Å². The number of nitrogens with zero attached hydrogens (tertiary/aromatic N) is 1. The van der Waals surface area contributed by atoms with Gasteiger partial charge in [-0.2, -0.15) is 0 Å². The van der Waals surface area contributed by atoms with Crippen LogP contribution in [0.5, 0.6) is 5.75 Å². The predicted molar refractivity (Wildman–Crippen MR) is 115 cm³/mol. The van der Waals surface area contributed by atoms with Crippen molar-refractivity contribution in [2.75, 3.05) is 19.0 Å². The first kappa shape index (κ1) is 21.0. The molecule has 1 amide bonds. The highest BCUT2D eigenvalue weighted by Crippen LogP contribution is 2.28. The Hall–Kier alpha value is -3.71. The molecular formula is C23H24N3O4+. The summed E-state index contributed by atoms with van der Waals surface area (Å²) in [6, 6.07) is 22.4. The van der Waals surface area contributed by atoms with Crippen LogP contribution in [0, 0.1) is 17.0 Å². The average Bonchev–Trinajstić information content (AvgIpc) is 2.76. The van der Waals surface area contributed by atoms with Crippen molar-refractivity contribution in [3.8, 4) is 5.75 Å². The second-order valence-corrected chi connectivity index (χ2v) is 6.93. The van der Waals surface area contributed by atoms with E-state index < -0.39 is 4.92 Å². The number of aryl methyl sites for hydroxylation is 1. The number of hydrogen-bond donors (Lipinski definition) is 2. The van der Waals surface area contributed by atoms with Gasteiger partial charge in [0.1, 0.15) is 17.5 Å². The van der Waals surface area contributed by atoms with Crippen LogP contribution < -0.4 is 15.4 Å². The number of amides is 1. The Bertz CT molecular complexity index is 1020. The molecule has 0 aliphatic rings. The molecule has 0 fully saturated rings. The summed E-state index contributed by atoms with van der Waals surface area (Å²) in [6.07, 6.45) is 0. The molecule has 0 radical (unpaired) electrons. The van der Waals surface area contributed by atoms with Gasteiger partial charge in [-0.15, -0.1) is 0 Å². The molecule has 3 N–H and O–H groups in total. The van der Waals surface area contributed by atoms with Crippen LogP contribution in [-0.2, 0) is 4.79 Å². The lowest BCUT2D eigenvalue weighted by molar-refractivity contribution is -0.676. The topological polar surface area (TPSA) is 98.1 Å². The number of carbonyl (C=O) groups is 1. The van der Waals surface area contributed by atoms with E-state index in [1.165, 1.54) is 19.2 Å². The first-order chi connectivity index (χ1) is 14.5. The molecule has 0 bridgehead atoms. The Morgan fingerprint density at radius 3 is 2.37 bits per heavy atom. The van der Waals surface area contributed by atoms with Crippen molar-refractivity contribution in [2.45, 2.75) is 13.0 Å². The number of methoxy groups -OCH3 is 1. The molecule has 7 heteroatoms. The third kappa shape index (κ3) is 5.21. The fraction of sp³-hybridized carbons (Fsp3) is 0.174. The molecule has 0 aliphatic carbocycles. The maximum Gasteiger partial charge on any atom is 0.296 e. The molecule has 3 rings (SSSR count). The quantitative estimate of drug-likeness (QED) is 0.443. The van der Waals surface area contributed by atoms with E-state index in [2.05, 4.69) is 17.4 Å². The van der Waals surface area contributed by atoms with Gasteiger partial charge in [-0.25, -0.2) is 0 Å². The van der Waals surface area contributed by atoms with Crippen molar-refractivity contribution in [2.24, 2.45) is 0 Å². The van der Waals surface area contributed by atoms with Gasteiger partial charge in [-0.3, -0.25) is 14.9 Å². The zero-order chi connectivity index (χ0) is 21.5. The number of benzene rings is 3. The lowest BCUT2D eigenvalue weighted by atomic mass is 9.98. The maximum atomic E-state index is 12.6. The Labute approximate surface area is 174 Å². The summed E-state index contributed by atoms with van der Waals surface area (Å²) in [5.74, 6) is 0.0334. The van der Waals surface area contributed by atoms with Gasteiger partial charge in [0.25, 0.3) is 11.6 Å². The summed E-state index contributed by atoms with van der Waals surface area (Å²) in [6.45, 7) is 2.14. The number of nitro benzene ring substituents is 1. The number of quaternary nitrogens is 1. The molecule has 0 saturated carbocycles. The van der Waals surface area contributed by atoms with Crippen LogP contribution in [0.4, 0.5) is 11.4 Å². The van der Waals surface area contributed by atoms with Crippen molar-refractivity contribution in [3.05, 3.63) is 99.6 Å². The van der Waals surface area contributed by atoms with Crippen LogP contribution in [0.15, 0.2) is 72.8 Å². The molecule has 154 valence electrons. The first-order valence-electron chi connectivity index (χ1n) is 9.55. The third-order valence-corrected chi connectivity index (χ3v) is 4.81. The van der Waals surface area contributed by atoms with Gasteiger partial charge in [-0.1, -0.05) is 60.2 Å². The second kappa shape index (κ2) is 9.67. The molecule has 30 heavy (non-hydrogen) atoms. The monoisotopic (exact) mass is 406 g/mol. The number of ether oxygens (including phenoxy) is 1. The van der Waals surface area contributed by atoms with Gasteiger partial charge in [0.2, 0.25) is 0 Å². The largest absolute Gasteiger partial charge is 0.496 e. The highest BCUT2D eigenvalue weighted by atomic mass is 16.6. The minimum atomic E-state index is -0.541. The molecule has 7 nitrogen and oxygen atoms in total. The van der Waals surface area contributed by atoms with E-state index in [1.807, 2.05) is 54.7 Å². The summed E-state index contributed by atoms with van der Waals surface area (Å²) in [5, 5.41) is 15.9. The molecule has 0 aromatic heterocycles. The van der Waals surface area contributed by atoms with Crippen LogP contribution in [0.25, 0.3) is 0 Å². The van der Waals surface area contributed by atoms with E-state index >= 15 is 0 Å². The van der Waals surface area contributed by atoms with Gasteiger partial charge < -0.3 is 15.4 Å². The van der Waals surface area contributed by atoms with E-state index in [9.17, 15) is 14.9 Å². The minimum Gasteiger partial charge on any atom is -0.496 e. The Balaban J connectivity index is 1.75. The number of nitro groups is 1. The van der Waals surface area contributed by atoms with Gasteiger partial charge in [-0.05, 0) is 19.1 Å². The van der Waals surface area contributed by atoms with Crippen LogP contribution >= 0.6 is 0 Å². The van der Waals surface area contributed by atoms with E-state index in [0.29, 0.717) is 5.75 Å². The summed E-state index contributed by atoms with van der Waals surface area (Å²) >= 11 is 0. The van der Waals surface area contributed by atoms with Crippen molar-refractivity contribution >= 4 is 17.3 Å². The van der Waals surface area contributed by atoms with E-state index in [0.717, 1.165) is 16.7 Å².